The van der Waals surface area contributed by atoms with E-state index < -0.39 is 9.84 Å². The first kappa shape index (κ1) is 23.1. The molecule has 0 bridgehead atoms. The van der Waals surface area contributed by atoms with E-state index in [9.17, 15) is 17.6 Å². The van der Waals surface area contributed by atoms with E-state index in [0.29, 0.717) is 50.5 Å². The van der Waals surface area contributed by atoms with Crippen molar-refractivity contribution in [2.24, 2.45) is 0 Å². The van der Waals surface area contributed by atoms with Crippen LogP contribution in [0.1, 0.15) is 22.3 Å². The van der Waals surface area contributed by atoms with Gasteiger partial charge in [0.1, 0.15) is 11.6 Å². The highest BCUT2D eigenvalue weighted by Crippen LogP contribution is 2.33. The van der Waals surface area contributed by atoms with E-state index in [4.69, 9.17) is 4.74 Å². The topological polar surface area (TPSA) is 66.9 Å². The van der Waals surface area contributed by atoms with E-state index >= 15 is 0 Å². The highest BCUT2D eigenvalue weighted by atomic mass is 32.2. The summed E-state index contributed by atoms with van der Waals surface area (Å²) in [7, 11) is -1.39. The summed E-state index contributed by atoms with van der Waals surface area (Å²) in [6.07, 6.45) is 0.623. The van der Waals surface area contributed by atoms with Gasteiger partial charge in [-0.25, -0.2) is 12.8 Å². The van der Waals surface area contributed by atoms with Crippen LogP contribution in [-0.4, -0.2) is 74.2 Å². The van der Waals surface area contributed by atoms with E-state index in [-0.39, 0.29) is 28.5 Å². The molecule has 9 heteroatoms. The van der Waals surface area contributed by atoms with Gasteiger partial charge in [-0.2, -0.15) is 0 Å². The molecule has 0 unspecified atom stereocenters. The lowest BCUT2D eigenvalue weighted by Crippen LogP contribution is -2.48. The first-order valence-corrected chi connectivity index (χ1v) is 13.3. The number of carbonyl (C=O) groups excluding carboxylic acids is 1. The Hall–Kier alpha value is -2.10. The molecule has 0 radical (unpaired) electrons. The van der Waals surface area contributed by atoms with Crippen LogP contribution in [-0.2, 0) is 16.4 Å². The van der Waals surface area contributed by atoms with Gasteiger partial charge in [0.25, 0.3) is 5.91 Å². The zero-order chi connectivity index (χ0) is 22.7. The molecule has 2 aromatic carbocycles. The number of rotatable bonds is 6. The Labute approximate surface area is 192 Å². The zero-order valence-electron chi connectivity index (χ0n) is 18.0. The summed E-state index contributed by atoms with van der Waals surface area (Å²) in [4.78, 5) is 18.1. The summed E-state index contributed by atoms with van der Waals surface area (Å²) in [6, 6.07) is 12.0. The van der Waals surface area contributed by atoms with Crippen molar-refractivity contribution in [3.05, 3.63) is 59.4 Å². The molecule has 2 aromatic rings. The molecule has 32 heavy (non-hydrogen) atoms. The van der Waals surface area contributed by atoms with Gasteiger partial charge in [0.05, 0.1) is 24.2 Å². The number of piperazine rings is 1. The fourth-order valence-electron chi connectivity index (χ4n) is 4.17. The second-order valence-electron chi connectivity index (χ2n) is 8.16. The number of hydrogen-bond acceptors (Lipinski definition) is 6. The number of hydrogen-bond donors (Lipinski definition) is 0. The smallest absolute Gasteiger partial charge is 0.255 e. The van der Waals surface area contributed by atoms with Crippen molar-refractivity contribution in [1.82, 2.24) is 9.80 Å². The molecule has 4 rings (SSSR count). The van der Waals surface area contributed by atoms with E-state index in [2.05, 4.69) is 4.90 Å². The maximum Gasteiger partial charge on any atom is 0.255 e. The number of halogens is 1. The van der Waals surface area contributed by atoms with Gasteiger partial charge in [0.2, 0.25) is 0 Å². The molecule has 2 aliphatic rings. The first-order valence-electron chi connectivity index (χ1n) is 10.6. The quantitative estimate of drug-likeness (QED) is 0.636. The second-order valence-corrected chi connectivity index (χ2v) is 11.7. The van der Waals surface area contributed by atoms with Crippen LogP contribution in [0.25, 0.3) is 0 Å². The molecule has 1 atom stereocenters. The van der Waals surface area contributed by atoms with Crippen LogP contribution in [0, 0.1) is 5.82 Å². The number of sulfone groups is 1. The summed E-state index contributed by atoms with van der Waals surface area (Å²) in [6.45, 7) is 3.08. The van der Waals surface area contributed by atoms with E-state index in [1.54, 1.807) is 13.2 Å². The zero-order valence-corrected chi connectivity index (χ0v) is 19.6. The Kier molecular flexibility index (Phi) is 7.07. The summed E-state index contributed by atoms with van der Waals surface area (Å²) < 4.78 is 42.6. The van der Waals surface area contributed by atoms with Crippen LogP contribution in [0.15, 0.2) is 47.4 Å². The fourth-order valence-corrected chi connectivity index (χ4v) is 7.79. The van der Waals surface area contributed by atoms with Crippen LogP contribution in [0.2, 0.25) is 0 Å². The van der Waals surface area contributed by atoms with Crippen molar-refractivity contribution in [3.8, 4) is 5.75 Å². The molecular weight excluding hydrogens is 451 g/mol. The summed E-state index contributed by atoms with van der Waals surface area (Å²) in [5, 5.41) is -0.00737. The largest absolute Gasteiger partial charge is 0.496 e. The SMILES string of the molecule is COc1ccc(F)cc1CN1CCN(C(=O)c2ccccc2S[C@@H]2CCS(=O)(=O)C2)CC1. The Morgan fingerprint density at radius 3 is 2.59 bits per heavy atom. The molecule has 0 spiro atoms. The number of benzene rings is 2. The van der Waals surface area contributed by atoms with Crippen molar-refractivity contribution in [2.75, 3.05) is 44.8 Å². The molecule has 0 N–H and O–H groups in total. The molecule has 0 aromatic heterocycles. The van der Waals surface area contributed by atoms with Gasteiger partial charge in [0.15, 0.2) is 9.84 Å². The van der Waals surface area contributed by atoms with Crippen molar-refractivity contribution in [3.63, 3.8) is 0 Å². The van der Waals surface area contributed by atoms with Crippen LogP contribution < -0.4 is 4.74 Å². The fraction of sp³-hybridized carbons (Fsp3) is 0.435. The molecule has 6 nitrogen and oxygen atoms in total. The number of nitrogens with zero attached hydrogens (tertiary/aromatic N) is 2. The first-order chi connectivity index (χ1) is 15.3. The Balaban J connectivity index is 1.38. The summed E-state index contributed by atoms with van der Waals surface area (Å²) in [5.41, 5.74) is 1.42. The predicted molar refractivity (Wildman–Crippen MR) is 123 cm³/mol. The standard InChI is InChI=1S/C23H27FN2O4S2/c1-30-21-7-6-18(24)14-17(21)15-25-9-11-26(12-10-25)23(27)20-4-2-3-5-22(20)31-19-8-13-32(28,29)16-19/h2-7,14,19H,8-13,15-16H2,1H3/t19-/m1/s1. The normalized spacial score (nSPS) is 20.9. The molecule has 2 fully saturated rings. The molecular formula is C23H27FN2O4S2. The molecule has 2 heterocycles. The van der Waals surface area contributed by atoms with Crippen LogP contribution in [0.4, 0.5) is 4.39 Å². The third kappa shape index (κ3) is 5.44. The Morgan fingerprint density at radius 2 is 1.91 bits per heavy atom. The minimum absolute atomic E-state index is 0.00737. The van der Waals surface area contributed by atoms with Gasteiger partial charge in [-0.3, -0.25) is 9.69 Å². The lowest BCUT2D eigenvalue weighted by atomic mass is 10.1. The minimum Gasteiger partial charge on any atom is -0.496 e. The van der Waals surface area contributed by atoms with Crippen molar-refractivity contribution < 1.29 is 22.3 Å². The molecule has 2 aliphatic heterocycles. The van der Waals surface area contributed by atoms with Crippen molar-refractivity contribution >= 4 is 27.5 Å². The lowest BCUT2D eigenvalue weighted by Gasteiger charge is -2.35. The Morgan fingerprint density at radius 1 is 1.16 bits per heavy atom. The highest BCUT2D eigenvalue weighted by molar-refractivity contribution is 8.02. The molecule has 172 valence electrons. The van der Waals surface area contributed by atoms with Gasteiger partial charge in [-0.05, 0) is 36.8 Å². The van der Waals surface area contributed by atoms with Gasteiger partial charge in [-0.1, -0.05) is 12.1 Å². The predicted octanol–water partition coefficient (Wildman–Crippen LogP) is 3.07. The van der Waals surface area contributed by atoms with Gasteiger partial charge in [0, 0.05) is 48.4 Å². The van der Waals surface area contributed by atoms with Gasteiger partial charge < -0.3 is 9.64 Å². The van der Waals surface area contributed by atoms with E-state index in [0.717, 1.165) is 10.5 Å². The highest BCUT2D eigenvalue weighted by Gasteiger charge is 2.30. The maximum absolute atomic E-state index is 13.7. The van der Waals surface area contributed by atoms with Gasteiger partial charge in [-0.15, -0.1) is 11.8 Å². The third-order valence-corrected chi connectivity index (χ3v) is 9.22. The van der Waals surface area contributed by atoms with E-state index in [1.807, 2.05) is 29.2 Å². The summed E-state index contributed by atoms with van der Waals surface area (Å²) in [5.74, 6) is 0.724. The lowest BCUT2D eigenvalue weighted by molar-refractivity contribution is 0.0624. The molecule has 0 saturated carbocycles. The monoisotopic (exact) mass is 478 g/mol. The average Bonchev–Trinajstić information content (AvgIpc) is 3.12. The number of carbonyl (C=O) groups is 1. The molecule has 1 amide bonds. The average molecular weight is 479 g/mol. The van der Waals surface area contributed by atoms with Gasteiger partial charge >= 0.3 is 0 Å². The maximum atomic E-state index is 13.7. The number of methoxy groups -OCH3 is 1. The van der Waals surface area contributed by atoms with Crippen molar-refractivity contribution in [2.45, 2.75) is 23.1 Å². The van der Waals surface area contributed by atoms with Crippen LogP contribution in [0.3, 0.4) is 0 Å². The second kappa shape index (κ2) is 9.80. The number of amides is 1. The molecule has 0 aliphatic carbocycles. The summed E-state index contributed by atoms with van der Waals surface area (Å²) >= 11 is 1.49. The minimum atomic E-state index is -2.96. The third-order valence-electron chi connectivity index (χ3n) is 5.90. The number of thioether (sulfide) groups is 1. The van der Waals surface area contributed by atoms with Crippen LogP contribution >= 0.6 is 11.8 Å². The van der Waals surface area contributed by atoms with Crippen LogP contribution in [0.5, 0.6) is 5.75 Å². The number of ether oxygens (including phenoxy) is 1. The molecule has 2 saturated heterocycles. The van der Waals surface area contributed by atoms with E-state index in [1.165, 1.54) is 23.9 Å². The van der Waals surface area contributed by atoms with Crippen molar-refractivity contribution in [1.29, 1.82) is 0 Å². The Bertz CT molecular complexity index is 1090.